The van der Waals surface area contributed by atoms with Crippen molar-refractivity contribution in [3.63, 3.8) is 0 Å². The molecular weight excluding hydrogens is 448 g/mol. The Morgan fingerprint density at radius 3 is 2.69 bits per heavy atom. The van der Waals surface area contributed by atoms with Gasteiger partial charge in [-0.15, -0.1) is 0 Å². The monoisotopic (exact) mass is 476 g/mol. The van der Waals surface area contributed by atoms with Gasteiger partial charge in [-0.3, -0.25) is 14.3 Å². The number of rotatable bonds is 8. The number of aliphatic hydroxyl groups is 1. The number of amides is 1. The van der Waals surface area contributed by atoms with Crippen molar-refractivity contribution in [2.45, 2.75) is 39.4 Å². The molecule has 1 amide bonds. The zero-order chi connectivity index (χ0) is 25.2. The molecular formula is C24H28N8O3. The lowest BCUT2D eigenvalue weighted by Crippen LogP contribution is -2.29. The van der Waals surface area contributed by atoms with E-state index in [1.165, 1.54) is 9.25 Å². The normalized spacial score (nSPS) is 11.5. The predicted octanol–water partition coefficient (Wildman–Crippen LogP) is 2.09. The standard InChI is InChI=1S/C24H28N8O3/c1-24(2,3)30-22-21-16(5-7-31(8-9-33)23(21)35)11-20(29-22)28-19-10-15(4-6-26-19)17-12-27-32(13-17)14-18(25)34/h4-7,10-13,33H,8-9,14H2,1-3H3,(H2,25,34)(H2,26,28,29,30). The lowest BCUT2D eigenvalue weighted by atomic mass is 10.1. The molecule has 0 bridgehead atoms. The fourth-order valence-corrected chi connectivity index (χ4v) is 3.66. The van der Waals surface area contributed by atoms with Crippen LogP contribution in [-0.4, -0.2) is 47.5 Å². The van der Waals surface area contributed by atoms with Crippen LogP contribution in [0.4, 0.5) is 17.5 Å². The van der Waals surface area contributed by atoms with Crippen molar-refractivity contribution >= 4 is 34.1 Å². The highest BCUT2D eigenvalue weighted by Crippen LogP contribution is 2.27. The number of aromatic nitrogens is 5. The summed E-state index contributed by atoms with van der Waals surface area (Å²) >= 11 is 0. The molecule has 0 aliphatic rings. The second kappa shape index (κ2) is 9.55. The maximum atomic E-state index is 13.1. The maximum Gasteiger partial charge on any atom is 0.262 e. The second-order valence-electron chi connectivity index (χ2n) is 9.18. The summed E-state index contributed by atoms with van der Waals surface area (Å²) in [5, 5.41) is 21.1. The van der Waals surface area contributed by atoms with E-state index < -0.39 is 5.91 Å². The van der Waals surface area contributed by atoms with Gasteiger partial charge in [0, 0.05) is 36.2 Å². The average Bonchev–Trinajstić information content (AvgIpc) is 3.22. The maximum absolute atomic E-state index is 13.1. The van der Waals surface area contributed by atoms with Gasteiger partial charge in [-0.2, -0.15) is 5.10 Å². The number of carbonyl (C=O) groups is 1. The van der Waals surface area contributed by atoms with E-state index in [-0.39, 0.29) is 30.8 Å². The van der Waals surface area contributed by atoms with E-state index in [2.05, 4.69) is 25.7 Å². The van der Waals surface area contributed by atoms with Crippen molar-refractivity contribution in [3.8, 4) is 11.1 Å². The highest BCUT2D eigenvalue weighted by molar-refractivity contribution is 5.93. The number of primary amides is 1. The molecule has 182 valence electrons. The number of aliphatic hydroxyl groups excluding tert-OH is 1. The summed E-state index contributed by atoms with van der Waals surface area (Å²) in [6, 6.07) is 7.28. The van der Waals surface area contributed by atoms with Gasteiger partial charge < -0.3 is 26.0 Å². The third kappa shape index (κ3) is 5.64. The van der Waals surface area contributed by atoms with E-state index in [1.807, 2.05) is 39.0 Å². The highest BCUT2D eigenvalue weighted by Gasteiger charge is 2.17. The Hall–Kier alpha value is -4.25. The largest absolute Gasteiger partial charge is 0.395 e. The molecule has 0 atom stereocenters. The number of pyridine rings is 3. The fourth-order valence-electron chi connectivity index (χ4n) is 3.66. The Balaban J connectivity index is 1.71. The summed E-state index contributed by atoms with van der Waals surface area (Å²) in [7, 11) is 0. The zero-order valence-corrected chi connectivity index (χ0v) is 19.8. The molecule has 0 aliphatic carbocycles. The van der Waals surface area contributed by atoms with E-state index in [1.54, 1.807) is 30.9 Å². The molecule has 4 heterocycles. The van der Waals surface area contributed by atoms with Crippen LogP contribution >= 0.6 is 0 Å². The quantitative estimate of drug-likeness (QED) is 0.302. The van der Waals surface area contributed by atoms with Crippen LogP contribution in [0.5, 0.6) is 0 Å². The number of hydrogen-bond acceptors (Lipinski definition) is 8. The minimum absolute atomic E-state index is 0.000755. The number of nitrogens with zero attached hydrogens (tertiary/aromatic N) is 5. The van der Waals surface area contributed by atoms with Gasteiger partial charge in [-0.1, -0.05) is 0 Å². The van der Waals surface area contributed by atoms with Crippen molar-refractivity contribution in [3.05, 3.63) is 59.4 Å². The molecule has 0 unspecified atom stereocenters. The third-order valence-corrected chi connectivity index (χ3v) is 5.09. The van der Waals surface area contributed by atoms with Crippen LogP contribution in [0, 0.1) is 0 Å². The molecule has 0 aromatic carbocycles. The molecule has 4 aromatic heterocycles. The van der Waals surface area contributed by atoms with Gasteiger partial charge in [0.2, 0.25) is 5.91 Å². The lowest BCUT2D eigenvalue weighted by Gasteiger charge is -2.23. The lowest BCUT2D eigenvalue weighted by molar-refractivity contribution is -0.118. The van der Waals surface area contributed by atoms with Gasteiger partial charge in [0.25, 0.3) is 5.56 Å². The molecule has 0 aliphatic heterocycles. The van der Waals surface area contributed by atoms with Gasteiger partial charge in [0.15, 0.2) is 0 Å². The van der Waals surface area contributed by atoms with Crippen LogP contribution in [-0.2, 0) is 17.9 Å². The van der Waals surface area contributed by atoms with E-state index >= 15 is 0 Å². The van der Waals surface area contributed by atoms with Gasteiger partial charge in [0.1, 0.15) is 24.0 Å². The number of fused-ring (bicyclic) bond motifs is 1. The Kier molecular flexibility index (Phi) is 6.52. The molecule has 0 saturated carbocycles. The van der Waals surface area contributed by atoms with Crippen molar-refractivity contribution in [1.29, 1.82) is 0 Å². The summed E-state index contributed by atoms with van der Waals surface area (Å²) in [6.45, 7) is 6.03. The first-order valence-corrected chi connectivity index (χ1v) is 11.1. The molecule has 5 N–H and O–H groups in total. The number of nitrogens with one attached hydrogen (secondary N) is 2. The van der Waals surface area contributed by atoms with Crippen LogP contribution in [0.2, 0.25) is 0 Å². The van der Waals surface area contributed by atoms with Crippen molar-refractivity contribution in [2.75, 3.05) is 17.2 Å². The SMILES string of the molecule is CC(C)(C)Nc1nc(Nc2cc(-c3cnn(CC(N)=O)c3)ccn2)cc2ccn(CCO)c(=O)c12. The van der Waals surface area contributed by atoms with E-state index in [0.29, 0.717) is 28.2 Å². The summed E-state index contributed by atoms with van der Waals surface area (Å²) < 4.78 is 2.94. The van der Waals surface area contributed by atoms with Crippen molar-refractivity contribution in [1.82, 2.24) is 24.3 Å². The number of hydrogen-bond donors (Lipinski definition) is 4. The van der Waals surface area contributed by atoms with E-state index in [0.717, 1.165) is 11.1 Å². The minimum atomic E-state index is -0.470. The number of carbonyl (C=O) groups excluding carboxylic acids is 1. The van der Waals surface area contributed by atoms with Gasteiger partial charge in [0.05, 0.1) is 18.2 Å². The fraction of sp³-hybridized carbons (Fsp3) is 0.292. The summed E-state index contributed by atoms with van der Waals surface area (Å²) in [5.74, 6) is 1.03. The Morgan fingerprint density at radius 2 is 1.97 bits per heavy atom. The number of nitrogens with two attached hydrogens (primary N) is 1. The molecule has 0 spiro atoms. The van der Waals surface area contributed by atoms with E-state index in [4.69, 9.17) is 5.73 Å². The Morgan fingerprint density at radius 1 is 1.17 bits per heavy atom. The topological polar surface area (TPSA) is 153 Å². The summed E-state index contributed by atoms with van der Waals surface area (Å²) in [5.41, 5.74) is 6.33. The third-order valence-electron chi connectivity index (χ3n) is 5.09. The molecule has 4 aromatic rings. The first-order valence-electron chi connectivity index (χ1n) is 11.1. The number of anilines is 3. The van der Waals surface area contributed by atoms with Crippen LogP contribution in [0.3, 0.4) is 0 Å². The van der Waals surface area contributed by atoms with Crippen LogP contribution in [0.25, 0.3) is 21.9 Å². The molecule has 0 fully saturated rings. The Bertz CT molecular complexity index is 1430. The summed E-state index contributed by atoms with van der Waals surface area (Å²) in [4.78, 5) is 33.3. The van der Waals surface area contributed by atoms with Crippen LogP contribution in [0.15, 0.2) is 53.8 Å². The molecule has 11 nitrogen and oxygen atoms in total. The molecule has 11 heteroatoms. The Labute approximate surface area is 201 Å². The van der Waals surface area contributed by atoms with E-state index in [9.17, 15) is 14.7 Å². The van der Waals surface area contributed by atoms with Gasteiger partial charge in [-0.25, -0.2) is 9.97 Å². The highest BCUT2D eigenvalue weighted by atomic mass is 16.3. The van der Waals surface area contributed by atoms with Crippen molar-refractivity contribution in [2.24, 2.45) is 5.73 Å². The average molecular weight is 477 g/mol. The van der Waals surface area contributed by atoms with Crippen LogP contribution < -0.4 is 21.9 Å². The molecule has 4 rings (SSSR count). The van der Waals surface area contributed by atoms with Gasteiger partial charge >= 0.3 is 0 Å². The van der Waals surface area contributed by atoms with Crippen molar-refractivity contribution < 1.29 is 9.90 Å². The first-order chi connectivity index (χ1) is 16.6. The zero-order valence-electron chi connectivity index (χ0n) is 19.8. The molecule has 35 heavy (non-hydrogen) atoms. The minimum Gasteiger partial charge on any atom is -0.395 e. The smallest absolute Gasteiger partial charge is 0.262 e. The second-order valence-corrected chi connectivity index (χ2v) is 9.18. The first kappa shape index (κ1) is 23.9. The molecule has 0 saturated heterocycles. The summed E-state index contributed by atoms with van der Waals surface area (Å²) in [6.07, 6.45) is 6.71. The predicted molar refractivity (Wildman–Crippen MR) is 134 cm³/mol. The van der Waals surface area contributed by atoms with Crippen LogP contribution in [0.1, 0.15) is 20.8 Å². The molecule has 0 radical (unpaired) electrons. The van der Waals surface area contributed by atoms with Gasteiger partial charge in [-0.05, 0) is 56.0 Å².